The van der Waals surface area contributed by atoms with Crippen molar-refractivity contribution in [3.63, 3.8) is 0 Å². The first-order valence-electron chi connectivity index (χ1n) is 6.77. The summed E-state index contributed by atoms with van der Waals surface area (Å²) in [7, 11) is 0. The molecule has 15 heavy (non-hydrogen) atoms. The van der Waals surface area contributed by atoms with Crippen molar-refractivity contribution in [2.45, 2.75) is 61.8 Å². The summed E-state index contributed by atoms with van der Waals surface area (Å²) in [6, 6.07) is 0. The third kappa shape index (κ3) is 5.04. The Hall–Kier alpha value is 0. The van der Waals surface area contributed by atoms with E-state index in [1.165, 1.54) is 6.42 Å². The molecule has 0 aromatic rings. The van der Waals surface area contributed by atoms with Gasteiger partial charge in [0.1, 0.15) is 0 Å². The first-order chi connectivity index (χ1) is 6.77. The average molecular weight is 212 g/mol. The molecule has 0 fully saturated rings. The van der Waals surface area contributed by atoms with Gasteiger partial charge in [0.15, 0.2) is 0 Å². The van der Waals surface area contributed by atoms with Crippen molar-refractivity contribution in [1.82, 2.24) is 0 Å². The van der Waals surface area contributed by atoms with Gasteiger partial charge in [0, 0.05) is 0 Å². The van der Waals surface area contributed by atoms with E-state index in [0.29, 0.717) is 0 Å². The molecule has 0 aromatic heterocycles. The van der Waals surface area contributed by atoms with Crippen molar-refractivity contribution in [2.24, 2.45) is 35.5 Å². The Morgan fingerprint density at radius 2 is 0.667 bits per heavy atom. The summed E-state index contributed by atoms with van der Waals surface area (Å²) in [6.07, 6.45) is 1.41. The lowest BCUT2D eigenvalue weighted by Crippen LogP contribution is -2.25. The third-order valence-corrected chi connectivity index (χ3v) is 3.97. The Morgan fingerprint density at radius 1 is 0.467 bits per heavy atom. The number of hydrogen-bond donors (Lipinski definition) is 0. The molecule has 0 radical (unpaired) electrons. The summed E-state index contributed by atoms with van der Waals surface area (Å²) in [6.45, 7) is 19.0. The van der Waals surface area contributed by atoms with E-state index in [4.69, 9.17) is 0 Å². The zero-order chi connectivity index (χ0) is 12.2. The minimum Gasteiger partial charge on any atom is -0.0625 e. The molecule has 0 unspecified atom stereocenters. The molecule has 0 nitrogen and oxygen atoms in total. The molecule has 0 bridgehead atoms. The van der Waals surface area contributed by atoms with E-state index >= 15 is 0 Å². The predicted molar refractivity (Wildman–Crippen MR) is 70.9 cm³/mol. The van der Waals surface area contributed by atoms with Gasteiger partial charge in [0.25, 0.3) is 0 Å². The van der Waals surface area contributed by atoms with Crippen LogP contribution >= 0.6 is 0 Å². The first kappa shape index (κ1) is 15.0. The van der Waals surface area contributed by atoms with E-state index in [2.05, 4.69) is 55.4 Å². The van der Waals surface area contributed by atoms with Crippen LogP contribution in [0, 0.1) is 35.5 Å². The van der Waals surface area contributed by atoms with Crippen LogP contribution in [0.2, 0.25) is 0 Å². The summed E-state index contributed by atoms with van der Waals surface area (Å²) >= 11 is 0. The maximum Gasteiger partial charge on any atom is -0.0365 e. The van der Waals surface area contributed by atoms with Gasteiger partial charge in [-0.2, -0.15) is 0 Å². The molecule has 0 rings (SSSR count). The van der Waals surface area contributed by atoms with E-state index in [-0.39, 0.29) is 0 Å². The van der Waals surface area contributed by atoms with Crippen LogP contribution in [0.5, 0.6) is 0 Å². The fraction of sp³-hybridized carbons (Fsp3) is 1.00. The fourth-order valence-corrected chi connectivity index (χ4v) is 2.94. The van der Waals surface area contributed by atoms with Gasteiger partial charge in [-0.15, -0.1) is 0 Å². The molecule has 0 atom stereocenters. The maximum absolute atomic E-state index is 2.38. The molecule has 0 heterocycles. The molecule has 0 heteroatoms. The molecule has 0 N–H and O–H groups in total. The second-order valence-corrected chi connectivity index (χ2v) is 6.54. The second kappa shape index (κ2) is 6.55. The van der Waals surface area contributed by atoms with Crippen LogP contribution in [-0.2, 0) is 0 Å². The van der Waals surface area contributed by atoms with Crippen molar-refractivity contribution in [1.29, 1.82) is 0 Å². The Morgan fingerprint density at radius 3 is 0.800 bits per heavy atom. The largest absolute Gasteiger partial charge is 0.0625 e. The van der Waals surface area contributed by atoms with Gasteiger partial charge in [-0.05, 0) is 41.9 Å². The molecule has 92 valence electrons. The van der Waals surface area contributed by atoms with Crippen molar-refractivity contribution in [2.75, 3.05) is 0 Å². The quantitative estimate of drug-likeness (QED) is 0.565. The van der Waals surface area contributed by atoms with Gasteiger partial charge in [0.2, 0.25) is 0 Å². The lowest BCUT2D eigenvalue weighted by molar-refractivity contribution is 0.165. The fourth-order valence-electron chi connectivity index (χ4n) is 2.94. The van der Waals surface area contributed by atoms with E-state index in [1.54, 1.807) is 0 Å². The monoisotopic (exact) mass is 212 g/mol. The normalized spacial score (nSPS) is 13.2. The van der Waals surface area contributed by atoms with Crippen LogP contribution in [0.3, 0.4) is 0 Å². The number of hydrogen-bond acceptors (Lipinski definition) is 0. The van der Waals surface area contributed by atoms with E-state index in [0.717, 1.165) is 35.5 Å². The average Bonchev–Trinajstić information content (AvgIpc) is 2.01. The smallest absolute Gasteiger partial charge is 0.0365 e. The summed E-state index contributed by atoms with van der Waals surface area (Å²) in [5, 5.41) is 0. The zero-order valence-corrected chi connectivity index (χ0v) is 12.2. The van der Waals surface area contributed by atoms with Gasteiger partial charge in [0.05, 0.1) is 0 Å². The van der Waals surface area contributed by atoms with Crippen LogP contribution in [0.4, 0.5) is 0 Å². The lowest BCUT2D eigenvalue weighted by Gasteiger charge is -2.33. The Bertz CT molecular complexity index is 119. The summed E-state index contributed by atoms with van der Waals surface area (Å²) in [5.41, 5.74) is 0. The molecule has 0 spiro atoms. The molecular weight excluding hydrogens is 180 g/mol. The Kier molecular flexibility index (Phi) is 6.55. The lowest BCUT2D eigenvalue weighted by atomic mass is 9.72. The third-order valence-electron chi connectivity index (χ3n) is 3.97. The molecule has 0 aliphatic heterocycles. The highest BCUT2D eigenvalue weighted by molar-refractivity contribution is 4.75. The van der Waals surface area contributed by atoms with Gasteiger partial charge < -0.3 is 0 Å². The van der Waals surface area contributed by atoms with E-state index in [1.807, 2.05) is 0 Å². The molecule has 0 aromatic carbocycles. The van der Waals surface area contributed by atoms with E-state index < -0.39 is 0 Å². The van der Waals surface area contributed by atoms with Crippen molar-refractivity contribution in [3.05, 3.63) is 0 Å². The van der Waals surface area contributed by atoms with E-state index in [9.17, 15) is 0 Å². The maximum atomic E-state index is 2.38. The van der Waals surface area contributed by atoms with Crippen LogP contribution < -0.4 is 0 Å². The summed E-state index contributed by atoms with van der Waals surface area (Å²) in [4.78, 5) is 0. The topological polar surface area (TPSA) is 0 Å². The highest BCUT2D eigenvalue weighted by Crippen LogP contribution is 2.34. The summed E-state index contributed by atoms with van der Waals surface area (Å²) in [5.74, 6) is 5.07. The second-order valence-electron chi connectivity index (χ2n) is 6.54. The minimum atomic E-state index is 0.824. The highest BCUT2D eigenvalue weighted by Gasteiger charge is 2.25. The summed E-state index contributed by atoms with van der Waals surface area (Å²) < 4.78 is 0. The molecule has 0 aliphatic rings. The van der Waals surface area contributed by atoms with Crippen molar-refractivity contribution in [3.8, 4) is 0 Å². The standard InChI is InChI=1S/C15H32/c1-10(2)14(11(3)4)9-15(12(5)6)13(7)8/h10-15H,9H2,1-8H3. The van der Waals surface area contributed by atoms with Crippen LogP contribution in [0.15, 0.2) is 0 Å². The van der Waals surface area contributed by atoms with Crippen molar-refractivity contribution < 1.29 is 0 Å². The number of rotatable bonds is 6. The highest BCUT2D eigenvalue weighted by atomic mass is 14.3. The van der Waals surface area contributed by atoms with Gasteiger partial charge in [-0.25, -0.2) is 0 Å². The molecule has 0 saturated heterocycles. The van der Waals surface area contributed by atoms with Crippen LogP contribution in [0.25, 0.3) is 0 Å². The van der Waals surface area contributed by atoms with Gasteiger partial charge in [-0.3, -0.25) is 0 Å². The minimum absolute atomic E-state index is 0.824. The Balaban J connectivity index is 4.48. The molecule has 0 amide bonds. The Labute approximate surface area is 97.8 Å². The predicted octanol–water partition coefficient (Wildman–Crippen LogP) is 5.23. The molecular formula is C15H32. The first-order valence-corrected chi connectivity index (χ1v) is 6.77. The molecule has 0 saturated carbocycles. The van der Waals surface area contributed by atoms with Crippen LogP contribution in [0.1, 0.15) is 61.8 Å². The van der Waals surface area contributed by atoms with Gasteiger partial charge in [-0.1, -0.05) is 55.4 Å². The molecule has 0 aliphatic carbocycles. The zero-order valence-electron chi connectivity index (χ0n) is 12.2. The van der Waals surface area contributed by atoms with Crippen molar-refractivity contribution >= 4 is 0 Å². The SMILES string of the molecule is CC(C)C(CC(C(C)C)C(C)C)C(C)C. The van der Waals surface area contributed by atoms with Crippen LogP contribution in [-0.4, -0.2) is 0 Å². The van der Waals surface area contributed by atoms with Gasteiger partial charge >= 0.3 is 0 Å².